The van der Waals surface area contributed by atoms with Gasteiger partial charge in [0.05, 0.1) is 6.10 Å². The molecule has 0 aliphatic carbocycles. The summed E-state index contributed by atoms with van der Waals surface area (Å²) in [5.41, 5.74) is 2.34. The molecule has 0 bridgehead atoms. The van der Waals surface area contributed by atoms with Gasteiger partial charge in [0, 0.05) is 5.02 Å². The Hall–Kier alpha value is -0.530. The van der Waals surface area contributed by atoms with E-state index in [4.69, 9.17) is 11.6 Å². The predicted molar refractivity (Wildman–Crippen MR) is 60.9 cm³/mol. The molecule has 1 atom stereocenters. The van der Waals surface area contributed by atoms with Crippen LogP contribution < -0.4 is 0 Å². The molecule has 0 aromatic heterocycles. The van der Waals surface area contributed by atoms with Gasteiger partial charge in [-0.05, 0) is 42.5 Å². The van der Waals surface area contributed by atoms with Crippen molar-refractivity contribution >= 4 is 11.6 Å². The van der Waals surface area contributed by atoms with E-state index in [1.165, 1.54) is 5.56 Å². The molecule has 1 nitrogen and oxygen atoms in total. The van der Waals surface area contributed by atoms with Crippen molar-refractivity contribution in [2.24, 2.45) is 0 Å². The van der Waals surface area contributed by atoms with Gasteiger partial charge in [-0.15, -0.1) is 0 Å². The standard InChI is InChI=1S/C12H17ClO/c1-8(2)11-5-10(4-9(3)14)6-12(13)7-11/h5-9,14H,4H2,1-3H3. The van der Waals surface area contributed by atoms with Gasteiger partial charge in [-0.1, -0.05) is 31.5 Å². The normalized spacial score (nSPS) is 13.3. The highest BCUT2D eigenvalue weighted by Gasteiger charge is 2.05. The van der Waals surface area contributed by atoms with Gasteiger partial charge >= 0.3 is 0 Å². The van der Waals surface area contributed by atoms with Gasteiger partial charge in [0.15, 0.2) is 0 Å². The molecule has 14 heavy (non-hydrogen) atoms. The number of halogens is 1. The fourth-order valence-corrected chi connectivity index (χ4v) is 1.73. The van der Waals surface area contributed by atoms with Crippen LogP contribution in [0.15, 0.2) is 18.2 Å². The maximum Gasteiger partial charge on any atom is 0.0552 e. The first-order valence-corrected chi connectivity index (χ1v) is 5.34. The molecular weight excluding hydrogens is 196 g/mol. The van der Waals surface area contributed by atoms with E-state index in [1.54, 1.807) is 6.92 Å². The van der Waals surface area contributed by atoms with Gasteiger partial charge in [-0.25, -0.2) is 0 Å². The monoisotopic (exact) mass is 212 g/mol. The molecular formula is C12H17ClO. The smallest absolute Gasteiger partial charge is 0.0552 e. The van der Waals surface area contributed by atoms with Crippen molar-refractivity contribution in [2.75, 3.05) is 0 Å². The first-order chi connectivity index (χ1) is 6.49. The summed E-state index contributed by atoms with van der Waals surface area (Å²) in [5.74, 6) is 0.474. The molecule has 1 aromatic rings. The molecule has 2 heteroatoms. The summed E-state index contributed by atoms with van der Waals surface area (Å²) in [6.45, 7) is 6.06. The van der Waals surface area contributed by atoms with Crippen molar-refractivity contribution < 1.29 is 5.11 Å². The summed E-state index contributed by atoms with van der Waals surface area (Å²) >= 11 is 6.00. The maximum absolute atomic E-state index is 9.28. The second-order valence-electron chi connectivity index (χ2n) is 4.10. The number of aliphatic hydroxyl groups excluding tert-OH is 1. The highest BCUT2D eigenvalue weighted by atomic mass is 35.5. The molecule has 0 saturated heterocycles. The highest BCUT2D eigenvalue weighted by Crippen LogP contribution is 2.22. The largest absolute Gasteiger partial charge is 0.393 e. The zero-order valence-electron chi connectivity index (χ0n) is 8.92. The van der Waals surface area contributed by atoms with Gasteiger partial charge in [0.25, 0.3) is 0 Å². The van der Waals surface area contributed by atoms with E-state index in [1.807, 2.05) is 12.1 Å². The summed E-state index contributed by atoms with van der Waals surface area (Å²) in [6, 6.07) is 6.02. The summed E-state index contributed by atoms with van der Waals surface area (Å²) < 4.78 is 0. The van der Waals surface area contributed by atoms with Crippen molar-refractivity contribution in [2.45, 2.75) is 39.2 Å². The fourth-order valence-electron chi connectivity index (χ4n) is 1.47. The van der Waals surface area contributed by atoms with E-state index < -0.39 is 0 Å². The van der Waals surface area contributed by atoms with Crippen LogP contribution >= 0.6 is 11.6 Å². The zero-order valence-corrected chi connectivity index (χ0v) is 9.67. The Morgan fingerprint density at radius 1 is 1.21 bits per heavy atom. The minimum absolute atomic E-state index is 0.312. The number of rotatable bonds is 3. The molecule has 1 rings (SSSR count). The second kappa shape index (κ2) is 4.81. The third-order valence-electron chi connectivity index (χ3n) is 2.18. The summed E-state index contributed by atoms with van der Waals surface area (Å²) in [7, 11) is 0. The molecule has 0 saturated carbocycles. The molecule has 78 valence electrons. The van der Waals surface area contributed by atoms with Crippen molar-refractivity contribution in [1.82, 2.24) is 0 Å². The van der Waals surface area contributed by atoms with Crippen molar-refractivity contribution in [3.05, 3.63) is 34.3 Å². The van der Waals surface area contributed by atoms with Crippen molar-refractivity contribution in [3.8, 4) is 0 Å². The molecule has 1 unspecified atom stereocenters. The van der Waals surface area contributed by atoms with Crippen LogP contribution in [-0.2, 0) is 6.42 Å². The first-order valence-electron chi connectivity index (χ1n) is 4.96. The zero-order chi connectivity index (χ0) is 10.7. The van der Waals surface area contributed by atoms with Crippen LogP contribution in [-0.4, -0.2) is 11.2 Å². The molecule has 1 aromatic carbocycles. The minimum Gasteiger partial charge on any atom is -0.393 e. The second-order valence-corrected chi connectivity index (χ2v) is 4.54. The Labute approximate surface area is 90.7 Å². The summed E-state index contributed by atoms with van der Waals surface area (Å²) in [6.07, 6.45) is 0.355. The van der Waals surface area contributed by atoms with E-state index in [9.17, 15) is 5.11 Å². The molecule has 0 amide bonds. The molecule has 0 radical (unpaired) electrons. The fraction of sp³-hybridized carbons (Fsp3) is 0.500. The summed E-state index contributed by atoms with van der Waals surface area (Å²) in [5, 5.41) is 10.0. The minimum atomic E-state index is -0.312. The molecule has 0 spiro atoms. The molecule has 1 N–H and O–H groups in total. The van der Waals surface area contributed by atoms with Crippen LogP contribution in [0, 0.1) is 0 Å². The highest BCUT2D eigenvalue weighted by molar-refractivity contribution is 6.30. The van der Waals surface area contributed by atoms with Gasteiger partial charge in [0.1, 0.15) is 0 Å². The average Bonchev–Trinajstić information content (AvgIpc) is 2.01. The van der Waals surface area contributed by atoms with Crippen molar-refractivity contribution in [1.29, 1.82) is 0 Å². The molecule has 0 aliphatic rings. The quantitative estimate of drug-likeness (QED) is 0.815. The van der Waals surface area contributed by atoms with Gasteiger partial charge in [0.2, 0.25) is 0 Å². The molecule has 0 aliphatic heterocycles. The number of benzene rings is 1. The topological polar surface area (TPSA) is 20.2 Å². The Kier molecular flexibility index (Phi) is 3.97. The van der Waals surface area contributed by atoms with Gasteiger partial charge in [-0.3, -0.25) is 0 Å². The van der Waals surface area contributed by atoms with Crippen LogP contribution in [0.25, 0.3) is 0 Å². The average molecular weight is 213 g/mol. The van der Waals surface area contributed by atoms with E-state index in [-0.39, 0.29) is 6.10 Å². The van der Waals surface area contributed by atoms with Crippen LogP contribution in [0.2, 0.25) is 5.02 Å². The lowest BCUT2D eigenvalue weighted by Crippen LogP contribution is -2.04. The molecule has 0 heterocycles. The Balaban J connectivity index is 2.95. The summed E-state index contributed by atoms with van der Waals surface area (Å²) in [4.78, 5) is 0. The van der Waals surface area contributed by atoms with E-state index in [0.29, 0.717) is 12.3 Å². The van der Waals surface area contributed by atoms with E-state index >= 15 is 0 Å². The van der Waals surface area contributed by atoms with Crippen LogP contribution in [0.5, 0.6) is 0 Å². The number of hydrogen-bond donors (Lipinski definition) is 1. The third-order valence-corrected chi connectivity index (χ3v) is 2.40. The lowest BCUT2D eigenvalue weighted by atomic mass is 9.99. The van der Waals surface area contributed by atoms with E-state index in [0.717, 1.165) is 10.6 Å². The lowest BCUT2D eigenvalue weighted by molar-refractivity contribution is 0.195. The van der Waals surface area contributed by atoms with E-state index in [2.05, 4.69) is 19.9 Å². The number of hydrogen-bond acceptors (Lipinski definition) is 1. The van der Waals surface area contributed by atoms with Crippen LogP contribution in [0.3, 0.4) is 0 Å². The van der Waals surface area contributed by atoms with Crippen molar-refractivity contribution in [3.63, 3.8) is 0 Å². The predicted octanol–water partition coefficient (Wildman–Crippen LogP) is 3.39. The van der Waals surface area contributed by atoms with Crippen LogP contribution in [0.1, 0.15) is 37.8 Å². The maximum atomic E-state index is 9.28. The molecule has 0 fully saturated rings. The third kappa shape index (κ3) is 3.32. The Bertz CT molecular complexity index is 305. The lowest BCUT2D eigenvalue weighted by Gasteiger charge is -2.10. The van der Waals surface area contributed by atoms with Gasteiger partial charge in [-0.2, -0.15) is 0 Å². The SMILES string of the molecule is CC(O)Cc1cc(Cl)cc(C(C)C)c1. The number of aliphatic hydroxyl groups is 1. The van der Waals surface area contributed by atoms with Gasteiger partial charge < -0.3 is 5.11 Å². The Morgan fingerprint density at radius 3 is 2.36 bits per heavy atom. The first kappa shape index (κ1) is 11.5. The van der Waals surface area contributed by atoms with Crippen LogP contribution in [0.4, 0.5) is 0 Å². The Morgan fingerprint density at radius 2 is 1.86 bits per heavy atom.